The highest BCUT2D eigenvalue weighted by atomic mass is 35.5. The minimum absolute atomic E-state index is 0.0814. The lowest BCUT2D eigenvalue weighted by atomic mass is 10.2. The molecule has 0 atom stereocenters. The van der Waals surface area contributed by atoms with Crippen LogP contribution in [0.25, 0.3) is 11.2 Å². The molecule has 0 saturated heterocycles. The average molecular weight is 387 g/mol. The summed E-state index contributed by atoms with van der Waals surface area (Å²) in [6.07, 6.45) is 1.50. The number of pyridine rings is 1. The third-order valence-corrected chi connectivity index (χ3v) is 3.78. The Kier molecular flexibility index (Phi) is 5.32. The molecular formula is C17H15ClN6O3. The smallest absolute Gasteiger partial charge is 0.335 e. The van der Waals surface area contributed by atoms with Crippen molar-refractivity contribution in [2.75, 3.05) is 17.2 Å². The molecule has 0 fully saturated rings. The minimum Gasteiger partial charge on any atom is -0.478 e. The Morgan fingerprint density at radius 2 is 1.93 bits per heavy atom. The molecule has 0 unspecified atom stereocenters. The number of nitrogens with zero attached hydrogens (tertiary/aromatic N) is 3. The van der Waals surface area contributed by atoms with Crippen molar-refractivity contribution in [1.82, 2.24) is 20.3 Å². The normalized spacial score (nSPS) is 10.4. The number of halogens is 1. The van der Waals surface area contributed by atoms with Crippen LogP contribution in [0.15, 0.2) is 36.5 Å². The highest BCUT2D eigenvalue weighted by molar-refractivity contribution is 6.33. The summed E-state index contributed by atoms with van der Waals surface area (Å²) >= 11 is 6.11. The summed E-state index contributed by atoms with van der Waals surface area (Å²) in [5.74, 6) is -0.357. The SMILES string of the molecule is CCNC(=O)Nc1ccc2ncc(Nc3ccc(C(=O)O)cc3Cl)nc2n1. The number of benzene rings is 1. The zero-order valence-corrected chi connectivity index (χ0v) is 14.9. The molecule has 2 aromatic heterocycles. The number of hydrogen-bond donors (Lipinski definition) is 4. The fraction of sp³-hybridized carbons (Fsp3) is 0.118. The van der Waals surface area contributed by atoms with E-state index in [4.69, 9.17) is 16.7 Å². The second-order valence-corrected chi connectivity index (χ2v) is 5.81. The number of rotatable bonds is 5. The van der Waals surface area contributed by atoms with Crippen LogP contribution in [0.5, 0.6) is 0 Å². The molecule has 27 heavy (non-hydrogen) atoms. The van der Waals surface area contributed by atoms with E-state index in [-0.39, 0.29) is 16.6 Å². The number of aromatic nitrogens is 3. The van der Waals surface area contributed by atoms with Gasteiger partial charge in [0, 0.05) is 6.54 Å². The van der Waals surface area contributed by atoms with Crippen molar-refractivity contribution in [3.05, 3.63) is 47.1 Å². The predicted octanol–water partition coefficient (Wildman–Crippen LogP) is 3.26. The highest BCUT2D eigenvalue weighted by Gasteiger charge is 2.09. The van der Waals surface area contributed by atoms with E-state index in [9.17, 15) is 9.59 Å². The summed E-state index contributed by atoms with van der Waals surface area (Å²) in [6.45, 7) is 2.31. The third-order valence-electron chi connectivity index (χ3n) is 3.46. The number of aromatic carboxylic acids is 1. The maximum atomic E-state index is 11.6. The maximum Gasteiger partial charge on any atom is 0.335 e. The van der Waals surface area contributed by atoms with Crippen LogP contribution >= 0.6 is 11.6 Å². The van der Waals surface area contributed by atoms with Crippen LogP contribution < -0.4 is 16.0 Å². The van der Waals surface area contributed by atoms with Crippen molar-refractivity contribution in [2.24, 2.45) is 0 Å². The van der Waals surface area contributed by atoms with Crippen molar-refractivity contribution >= 4 is 52.1 Å². The Hall–Kier alpha value is -3.46. The second-order valence-electron chi connectivity index (χ2n) is 5.40. The lowest BCUT2D eigenvalue weighted by Gasteiger charge is -2.09. The van der Waals surface area contributed by atoms with Gasteiger partial charge in [-0.05, 0) is 37.3 Å². The molecule has 0 spiro atoms. The van der Waals surface area contributed by atoms with Gasteiger partial charge < -0.3 is 15.7 Å². The number of hydrogen-bond acceptors (Lipinski definition) is 6. The molecule has 10 heteroatoms. The van der Waals surface area contributed by atoms with Crippen LogP contribution in [0, 0.1) is 0 Å². The Morgan fingerprint density at radius 1 is 1.15 bits per heavy atom. The number of amides is 2. The number of carboxylic acids is 1. The molecule has 3 rings (SSSR count). The number of anilines is 3. The van der Waals surface area contributed by atoms with Crippen molar-refractivity contribution in [3.63, 3.8) is 0 Å². The number of carboxylic acid groups (broad SMARTS) is 1. The summed E-state index contributed by atoms with van der Waals surface area (Å²) in [7, 11) is 0. The van der Waals surface area contributed by atoms with Crippen LogP contribution in [0.2, 0.25) is 5.02 Å². The summed E-state index contributed by atoms with van der Waals surface area (Å²) < 4.78 is 0. The molecule has 9 nitrogen and oxygen atoms in total. The number of carbonyl (C=O) groups is 2. The third kappa shape index (κ3) is 4.39. The van der Waals surface area contributed by atoms with E-state index in [1.807, 2.05) is 6.92 Å². The van der Waals surface area contributed by atoms with Gasteiger partial charge in [-0.2, -0.15) is 0 Å². The van der Waals surface area contributed by atoms with Crippen LogP contribution in [0.1, 0.15) is 17.3 Å². The minimum atomic E-state index is -1.06. The van der Waals surface area contributed by atoms with Crippen molar-refractivity contribution in [1.29, 1.82) is 0 Å². The molecule has 0 aliphatic heterocycles. The van der Waals surface area contributed by atoms with Gasteiger partial charge in [-0.15, -0.1) is 0 Å². The highest BCUT2D eigenvalue weighted by Crippen LogP contribution is 2.26. The zero-order valence-electron chi connectivity index (χ0n) is 14.2. The zero-order chi connectivity index (χ0) is 19.4. The molecule has 2 heterocycles. The Balaban J connectivity index is 1.85. The van der Waals surface area contributed by atoms with Gasteiger partial charge in [0.1, 0.15) is 11.3 Å². The summed E-state index contributed by atoms with van der Waals surface area (Å²) in [5, 5.41) is 17.4. The number of carbonyl (C=O) groups excluding carboxylic acids is 1. The average Bonchev–Trinajstić information content (AvgIpc) is 2.63. The van der Waals surface area contributed by atoms with E-state index in [0.717, 1.165) is 0 Å². The molecule has 1 aromatic carbocycles. The maximum absolute atomic E-state index is 11.6. The number of fused-ring (bicyclic) bond motifs is 1. The van der Waals surface area contributed by atoms with Gasteiger partial charge >= 0.3 is 12.0 Å². The Labute approximate surface area is 158 Å². The summed E-state index contributed by atoms with van der Waals surface area (Å²) in [6, 6.07) is 7.26. The fourth-order valence-electron chi connectivity index (χ4n) is 2.24. The molecule has 3 aromatic rings. The van der Waals surface area contributed by atoms with Gasteiger partial charge in [-0.1, -0.05) is 11.6 Å². The first kappa shape index (κ1) is 18.3. The van der Waals surface area contributed by atoms with E-state index in [2.05, 4.69) is 30.9 Å². The molecule has 2 amide bonds. The van der Waals surface area contributed by atoms with Crippen molar-refractivity contribution < 1.29 is 14.7 Å². The van der Waals surface area contributed by atoms with Crippen molar-refractivity contribution in [2.45, 2.75) is 6.92 Å². The standard InChI is InChI=1S/C17H15ClN6O3/c1-2-19-17(27)24-13-6-5-12-15(22-13)23-14(8-20-12)21-11-4-3-9(16(25)26)7-10(11)18/h3-8H,2H2,1H3,(H,25,26)(H3,19,21,22,23,24,27). The second kappa shape index (κ2) is 7.83. The molecule has 4 N–H and O–H groups in total. The summed E-state index contributed by atoms with van der Waals surface area (Å²) in [4.78, 5) is 35.4. The Bertz CT molecular complexity index is 1030. The molecule has 0 saturated carbocycles. The lowest BCUT2D eigenvalue weighted by Crippen LogP contribution is -2.28. The first-order chi connectivity index (χ1) is 13.0. The first-order valence-electron chi connectivity index (χ1n) is 7.95. The van der Waals surface area contributed by atoms with Gasteiger partial charge in [0.05, 0.1) is 22.5 Å². The van der Waals surface area contributed by atoms with Crippen LogP contribution in [0.3, 0.4) is 0 Å². The monoisotopic (exact) mass is 386 g/mol. The van der Waals surface area contributed by atoms with Gasteiger partial charge in [0.25, 0.3) is 0 Å². The first-order valence-corrected chi connectivity index (χ1v) is 8.32. The van der Waals surface area contributed by atoms with Gasteiger partial charge in [0.15, 0.2) is 11.5 Å². The van der Waals surface area contributed by atoms with Crippen LogP contribution in [-0.2, 0) is 0 Å². The largest absolute Gasteiger partial charge is 0.478 e. The van der Waals surface area contributed by atoms with E-state index < -0.39 is 5.97 Å². The van der Waals surface area contributed by atoms with Crippen LogP contribution in [-0.4, -0.2) is 38.6 Å². The molecule has 138 valence electrons. The van der Waals surface area contributed by atoms with Crippen molar-refractivity contribution in [3.8, 4) is 0 Å². The Morgan fingerprint density at radius 3 is 2.63 bits per heavy atom. The van der Waals surface area contributed by atoms with Crippen LogP contribution in [0.4, 0.5) is 22.1 Å². The van der Waals surface area contributed by atoms with Gasteiger partial charge in [0.2, 0.25) is 0 Å². The lowest BCUT2D eigenvalue weighted by molar-refractivity contribution is 0.0697. The topological polar surface area (TPSA) is 129 Å². The molecule has 0 radical (unpaired) electrons. The van der Waals surface area contributed by atoms with E-state index in [0.29, 0.717) is 35.0 Å². The number of nitrogens with one attached hydrogen (secondary N) is 3. The predicted molar refractivity (Wildman–Crippen MR) is 102 cm³/mol. The van der Waals surface area contributed by atoms with Gasteiger partial charge in [-0.25, -0.2) is 24.5 Å². The quantitative estimate of drug-likeness (QED) is 0.529. The fourth-order valence-corrected chi connectivity index (χ4v) is 2.46. The molecular weight excluding hydrogens is 372 g/mol. The molecule has 0 aliphatic carbocycles. The molecule has 0 aliphatic rings. The molecule has 0 bridgehead atoms. The van der Waals surface area contributed by atoms with E-state index in [1.165, 1.54) is 24.4 Å². The van der Waals surface area contributed by atoms with E-state index >= 15 is 0 Å². The summed E-state index contributed by atoms with van der Waals surface area (Å²) in [5.41, 5.74) is 1.44. The van der Waals surface area contributed by atoms with E-state index in [1.54, 1.807) is 12.1 Å². The number of urea groups is 1. The van der Waals surface area contributed by atoms with Gasteiger partial charge in [-0.3, -0.25) is 5.32 Å².